The molecule has 2 atom stereocenters. The lowest BCUT2D eigenvalue weighted by molar-refractivity contribution is -0.142. The maximum absolute atomic E-state index is 12.3. The SMILES string of the molecule is Cc1nn(-c2ccccc2)c(C)c1CC(=O)NC(C)C(C)C(=O)O. The first kappa shape index (κ1) is 17.7. The van der Waals surface area contributed by atoms with Gasteiger partial charge in [-0.1, -0.05) is 18.2 Å². The highest BCUT2D eigenvalue weighted by Gasteiger charge is 2.22. The summed E-state index contributed by atoms with van der Waals surface area (Å²) in [5.41, 5.74) is 3.52. The van der Waals surface area contributed by atoms with Crippen molar-refractivity contribution in [2.75, 3.05) is 0 Å². The second kappa shape index (κ2) is 7.29. The molecular weight excluding hydrogens is 306 g/mol. The molecule has 0 fully saturated rings. The van der Waals surface area contributed by atoms with Gasteiger partial charge in [0.25, 0.3) is 0 Å². The summed E-state index contributed by atoms with van der Waals surface area (Å²) in [4.78, 5) is 23.2. The number of nitrogens with zero attached hydrogens (tertiary/aromatic N) is 2. The van der Waals surface area contributed by atoms with E-state index in [0.717, 1.165) is 22.6 Å². The average Bonchev–Trinajstić information content (AvgIpc) is 2.82. The number of hydrogen-bond acceptors (Lipinski definition) is 3. The number of carbonyl (C=O) groups excluding carboxylic acids is 1. The van der Waals surface area contributed by atoms with Gasteiger partial charge >= 0.3 is 5.97 Å². The normalized spacial score (nSPS) is 13.3. The third-order valence-corrected chi connectivity index (χ3v) is 4.31. The van der Waals surface area contributed by atoms with Crippen LogP contribution >= 0.6 is 0 Å². The molecular formula is C18H23N3O3. The van der Waals surface area contributed by atoms with E-state index in [0.29, 0.717) is 0 Å². The van der Waals surface area contributed by atoms with Gasteiger partial charge in [-0.05, 0) is 39.8 Å². The fraction of sp³-hybridized carbons (Fsp3) is 0.389. The van der Waals surface area contributed by atoms with Gasteiger partial charge < -0.3 is 10.4 Å². The number of aromatic nitrogens is 2. The van der Waals surface area contributed by atoms with E-state index >= 15 is 0 Å². The lowest BCUT2D eigenvalue weighted by Gasteiger charge is -2.17. The quantitative estimate of drug-likeness (QED) is 0.851. The summed E-state index contributed by atoms with van der Waals surface area (Å²) in [5, 5.41) is 16.3. The van der Waals surface area contributed by atoms with Crippen LogP contribution in [0.1, 0.15) is 30.8 Å². The summed E-state index contributed by atoms with van der Waals surface area (Å²) >= 11 is 0. The summed E-state index contributed by atoms with van der Waals surface area (Å²) in [7, 11) is 0. The maximum atomic E-state index is 12.3. The zero-order valence-corrected chi connectivity index (χ0v) is 14.4. The van der Waals surface area contributed by atoms with Crippen LogP contribution in [-0.4, -0.2) is 32.8 Å². The van der Waals surface area contributed by atoms with E-state index in [2.05, 4.69) is 10.4 Å². The maximum Gasteiger partial charge on any atom is 0.308 e. The Morgan fingerprint density at radius 3 is 2.42 bits per heavy atom. The topological polar surface area (TPSA) is 84.2 Å². The van der Waals surface area contributed by atoms with Gasteiger partial charge in [0.05, 0.1) is 23.7 Å². The highest BCUT2D eigenvalue weighted by Crippen LogP contribution is 2.18. The Kier molecular flexibility index (Phi) is 5.39. The van der Waals surface area contributed by atoms with Crippen molar-refractivity contribution in [3.05, 3.63) is 47.3 Å². The summed E-state index contributed by atoms with van der Waals surface area (Å²) < 4.78 is 1.82. The van der Waals surface area contributed by atoms with Crippen LogP contribution in [0.2, 0.25) is 0 Å². The number of benzene rings is 1. The van der Waals surface area contributed by atoms with Crippen molar-refractivity contribution in [2.45, 2.75) is 40.2 Å². The Hall–Kier alpha value is -2.63. The molecule has 2 aromatic rings. The Balaban J connectivity index is 2.15. The summed E-state index contributed by atoms with van der Waals surface area (Å²) in [6.07, 6.45) is 0.182. The van der Waals surface area contributed by atoms with Crippen LogP contribution in [0.3, 0.4) is 0 Å². The van der Waals surface area contributed by atoms with E-state index in [1.165, 1.54) is 0 Å². The number of aryl methyl sites for hydroxylation is 1. The van der Waals surface area contributed by atoms with Crippen LogP contribution in [0.5, 0.6) is 0 Å². The number of amides is 1. The van der Waals surface area contributed by atoms with Crippen molar-refractivity contribution in [3.8, 4) is 5.69 Å². The van der Waals surface area contributed by atoms with Gasteiger partial charge in [-0.2, -0.15) is 5.10 Å². The fourth-order valence-electron chi connectivity index (χ4n) is 2.56. The van der Waals surface area contributed by atoms with Crippen LogP contribution < -0.4 is 5.32 Å². The lowest BCUT2D eigenvalue weighted by atomic mass is 10.0. The zero-order chi connectivity index (χ0) is 17.9. The minimum absolute atomic E-state index is 0.182. The standard InChI is InChI=1S/C18H23N3O3/c1-11(18(23)24)12(2)19-17(22)10-16-13(3)20-21(14(16)4)15-8-6-5-7-9-15/h5-9,11-12H,10H2,1-4H3,(H,19,22)(H,23,24). The molecule has 2 N–H and O–H groups in total. The molecule has 0 aliphatic rings. The van der Waals surface area contributed by atoms with E-state index < -0.39 is 17.9 Å². The van der Waals surface area contributed by atoms with Gasteiger partial charge in [0.15, 0.2) is 0 Å². The molecule has 128 valence electrons. The molecule has 2 rings (SSSR count). The van der Waals surface area contributed by atoms with Crippen molar-refractivity contribution in [1.82, 2.24) is 15.1 Å². The van der Waals surface area contributed by atoms with Crippen molar-refractivity contribution < 1.29 is 14.7 Å². The monoisotopic (exact) mass is 329 g/mol. The molecule has 0 aliphatic carbocycles. The number of carbonyl (C=O) groups is 2. The van der Waals surface area contributed by atoms with Gasteiger partial charge in [0.1, 0.15) is 0 Å². The molecule has 1 aromatic heterocycles. The molecule has 6 nitrogen and oxygen atoms in total. The first-order valence-electron chi connectivity index (χ1n) is 7.94. The van der Waals surface area contributed by atoms with Gasteiger partial charge in [-0.15, -0.1) is 0 Å². The van der Waals surface area contributed by atoms with Crippen molar-refractivity contribution >= 4 is 11.9 Å². The van der Waals surface area contributed by atoms with E-state index in [1.807, 2.05) is 48.9 Å². The lowest BCUT2D eigenvalue weighted by Crippen LogP contribution is -2.40. The molecule has 6 heteroatoms. The Labute approximate surface area is 141 Å². The summed E-state index contributed by atoms with van der Waals surface area (Å²) in [6.45, 7) is 7.08. The fourth-order valence-corrected chi connectivity index (χ4v) is 2.56. The molecule has 0 saturated heterocycles. The number of carboxylic acid groups (broad SMARTS) is 1. The highest BCUT2D eigenvalue weighted by atomic mass is 16.4. The predicted molar refractivity (Wildman–Crippen MR) is 91.1 cm³/mol. The predicted octanol–water partition coefficient (Wildman–Crippen LogP) is 2.26. The van der Waals surface area contributed by atoms with Gasteiger partial charge in [-0.25, -0.2) is 4.68 Å². The van der Waals surface area contributed by atoms with Gasteiger partial charge in [0, 0.05) is 17.3 Å². The number of para-hydroxylation sites is 1. The molecule has 1 aromatic carbocycles. The van der Waals surface area contributed by atoms with Crippen LogP contribution in [0.4, 0.5) is 0 Å². The molecule has 0 radical (unpaired) electrons. The first-order valence-corrected chi connectivity index (χ1v) is 7.94. The smallest absolute Gasteiger partial charge is 0.308 e. The molecule has 0 aliphatic heterocycles. The van der Waals surface area contributed by atoms with Crippen molar-refractivity contribution in [2.24, 2.45) is 5.92 Å². The second-order valence-corrected chi connectivity index (χ2v) is 6.06. The molecule has 1 heterocycles. The van der Waals surface area contributed by atoms with Crippen LogP contribution in [0.25, 0.3) is 5.69 Å². The Morgan fingerprint density at radius 2 is 1.83 bits per heavy atom. The van der Waals surface area contributed by atoms with E-state index in [1.54, 1.807) is 13.8 Å². The zero-order valence-electron chi connectivity index (χ0n) is 14.4. The highest BCUT2D eigenvalue weighted by molar-refractivity contribution is 5.80. The third-order valence-electron chi connectivity index (χ3n) is 4.31. The first-order chi connectivity index (χ1) is 11.3. The third kappa shape index (κ3) is 3.82. The van der Waals surface area contributed by atoms with E-state index in [-0.39, 0.29) is 12.3 Å². The van der Waals surface area contributed by atoms with Crippen LogP contribution in [0.15, 0.2) is 30.3 Å². The average molecular weight is 329 g/mol. The second-order valence-electron chi connectivity index (χ2n) is 6.06. The minimum atomic E-state index is -0.924. The molecule has 0 saturated carbocycles. The summed E-state index contributed by atoms with van der Waals surface area (Å²) in [5.74, 6) is -1.76. The number of hydrogen-bond donors (Lipinski definition) is 2. The van der Waals surface area contributed by atoms with E-state index in [9.17, 15) is 9.59 Å². The van der Waals surface area contributed by atoms with Gasteiger partial charge in [0.2, 0.25) is 5.91 Å². The Bertz CT molecular complexity index is 737. The van der Waals surface area contributed by atoms with Crippen LogP contribution in [-0.2, 0) is 16.0 Å². The number of aliphatic carboxylic acids is 1. The minimum Gasteiger partial charge on any atom is -0.481 e. The van der Waals surface area contributed by atoms with Crippen molar-refractivity contribution in [1.29, 1.82) is 0 Å². The molecule has 0 spiro atoms. The van der Waals surface area contributed by atoms with Gasteiger partial charge in [-0.3, -0.25) is 9.59 Å². The molecule has 24 heavy (non-hydrogen) atoms. The van der Waals surface area contributed by atoms with Crippen molar-refractivity contribution in [3.63, 3.8) is 0 Å². The van der Waals surface area contributed by atoms with Crippen LogP contribution in [0, 0.1) is 19.8 Å². The van der Waals surface area contributed by atoms with E-state index in [4.69, 9.17) is 5.11 Å². The summed E-state index contributed by atoms with van der Waals surface area (Å²) in [6, 6.07) is 9.30. The number of carboxylic acids is 1. The largest absolute Gasteiger partial charge is 0.481 e. The molecule has 2 unspecified atom stereocenters. The number of rotatable bonds is 6. The molecule has 0 bridgehead atoms. The molecule has 1 amide bonds. The number of nitrogens with one attached hydrogen (secondary N) is 1. The Morgan fingerprint density at radius 1 is 1.21 bits per heavy atom.